The summed E-state index contributed by atoms with van der Waals surface area (Å²) in [5, 5.41) is 0. The van der Waals surface area contributed by atoms with Gasteiger partial charge in [-0.05, 0) is 28.7 Å². The molecule has 0 aliphatic heterocycles. The first-order valence-electron chi connectivity index (χ1n) is 3.47. The van der Waals surface area contributed by atoms with E-state index >= 15 is 0 Å². The van der Waals surface area contributed by atoms with Crippen LogP contribution in [0.3, 0.4) is 0 Å². The van der Waals surface area contributed by atoms with E-state index in [1.54, 1.807) is 12.3 Å². The van der Waals surface area contributed by atoms with Crippen molar-refractivity contribution in [3.05, 3.63) is 21.4 Å². The lowest BCUT2D eigenvalue weighted by Crippen LogP contribution is -2.07. The molecule has 0 unspecified atom stereocenters. The molecule has 1 rings (SSSR count). The van der Waals surface area contributed by atoms with Crippen LogP contribution < -0.4 is 4.74 Å². The number of carbonyl (C=O) groups excluding carboxylic acids is 1. The van der Waals surface area contributed by atoms with Gasteiger partial charge in [0.25, 0.3) is 0 Å². The third kappa shape index (κ3) is 2.09. The number of hydrogen-bond acceptors (Lipinski definition) is 4. The minimum absolute atomic E-state index is 0.291. The fraction of sp³-hybridized carbons (Fsp3) is 0.250. The predicted molar refractivity (Wildman–Crippen MR) is 54.8 cm³/mol. The smallest absolute Gasteiger partial charge is 0.344 e. The summed E-state index contributed by atoms with van der Waals surface area (Å²) in [7, 11) is 2.79. The van der Waals surface area contributed by atoms with Crippen LogP contribution in [0.15, 0.2) is 12.3 Å². The van der Waals surface area contributed by atoms with Crippen molar-refractivity contribution in [3.63, 3.8) is 0 Å². The Morgan fingerprint density at radius 1 is 1.54 bits per heavy atom. The molecule has 0 radical (unpaired) electrons. The molecule has 1 aromatic heterocycles. The van der Waals surface area contributed by atoms with E-state index in [-0.39, 0.29) is 0 Å². The summed E-state index contributed by atoms with van der Waals surface area (Å²) in [6, 6.07) is 1.72. The highest BCUT2D eigenvalue weighted by molar-refractivity contribution is 14.1. The van der Waals surface area contributed by atoms with Gasteiger partial charge in [-0.1, -0.05) is 0 Å². The van der Waals surface area contributed by atoms with Crippen LogP contribution in [-0.2, 0) is 4.74 Å². The van der Waals surface area contributed by atoms with Crippen molar-refractivity contribution in [1.82, 2.24) is 4.98 Å². The third-order valence-electron chi connectivity index (χ3n) is 1.45. The van der Waals surface area contributed by atoms with Crippen molar-refractivity contribution < 1.29 is 14.3 Å². The van der Waals surface area contributed by atoms with Crippen LogP contribution in [0.2, 0.25) is 0 Å². The van der Waals surface area contributed by atoms with Crippen molar-refractivity contribution >= 4 is 28.6 Å². The van der Waals surface area contributed by atoms with Gasteiger partial charge in [-0.3, -0.25) is 0 Å². The molecular formula is C8H8INO3. The van der Waals surface area contributed by atoms with Gasteiger partial charge in [-0.25, -0.2) is 9.78 Å². The molecule has 1 heterocycles. The Labute approximate surface area is 89.4 Å². The Morgan fingerprint density at radius 3 is 2.77 bits per heavy atom. The Balaban J connectivity index is 3.22. The first kappa shape index (κ1) is 10.2. The van der Waals surface area contributed by atoms with Gasteiger partial charge in [-0.2, -0.15) is 0 Å². The monoisotopic (exact) mass is 293 g/mol. The van der Waals surface area contributed by atoms with E-state index in [1.165, 1.54) is 14.2 Å². The van der Waals surface area contributed by atoms with Crippen molar-refractivity contribution in [1.29, 1.82) is 0 Å². The number of nitrogens with zero attached hydrogens (tertiary/aromatic N) is 1. The predicted octanol–water partition coefficient (Wildman–Crippen LogP) is 1.48. The molecule has 0 amide bonds. The number of carbonyl (C=O) groups is 1. The molecular weight excluding hydrogens is 285 g/mol. The Kier molecular flexibility index (Phi) is 3.47. The van der Waals surface area contributed by atoms with E-state index in [2.05, 4.69) is 9.72 Å². The SMILES string of the molecule is COC(=O)c1c(I)ccnc1OC. The minimum Gasteiger partial charge on any atom is -0.480 e. The molecule has 0 atom stereocenters. The molecule has 0 aromatic carbocycles. The fourth-order valence-corrected chi connectivity index (χ4v) is 1.47. The molecule has 13 heavy (non-hydrogen) atoms. The Morgan fingerprint density at radius 2 is 2.23 bits per heavy atom. The average molecular weight is 293 g/mol. The molecule has 0 aliphatic rings. The maximum absolute atomic E-state index is 11.3. The van der Waals surface area contributed by atoms with Gasteiger partial charge >= 0.3 is 5.97 Å². The highest BCUT2D eigenvalue weighted by Gasteiger charge is 2.17. The molecule has 5 heteroatoms. The van der Waals surface area contributed by atoms with Crippen molar-refractivity contribution in [2.24, 2.45) is 0 Å². The summed E-state index contributed by atoms with van der Waals surface area (Å²) in [4.78, 5) is 15.2. The molecule has 0 bridgehead atoms. The van der Waals surface area contributed by atoms with Crippen LogP contribution in [-0.4, -0.2) is 25.2 Å². The van der Waals surface area contributed by atoms with E-state index < -0.39 is 5.97 Å². The van der Waals surface area contributed by atoms with Crippen LogP contribution >= 0.6 is 22.6 Å². The normalized spacial score (nSPS) is 9.46. The molecule has 0 saturated carbocycles. The van der Waals surface area contributed by atoms with Gasteiger partial charge in [0.2, 0.25) is 5.88 Å². The molecule has 0 spiro atoms. The Bertz CT molecular complexity index is 327. The van der Waals surface area contributed by atoms with Crippen LogP contribution in [0.25, 0.3) is 0 Å². The summed E-state index contributed by atoms with van der Waals surface area (Å²) in [5.41, 5.74) is 0.369. The number of hydrogen-bond donors (Lipinski definition) is 0. The summed E-state index contributed by atoms with van der Waals surface area (Å²) < 4.78 is 10.3. The number of methoxy groups -OCH3 is 2. The Hall–Kier alpha value is -0.850. The lowest BCUT2D eigenvalue weighted by molar-refractivity contribution is 0.0595. The van der Waals surface area contributed by atoms with E-state index in [1.807, 2.05) is 22.6 Å². The molecule has 0 fully saturated rings. The second kappa shape index (κ2) is 4.40. The molecule has 70 valence electrons. The zero-order valence-electron chi connectivity index (χ0n) is 7.20. The van der Waals surface area contributed by atoms with E-state index in [9.17, 15) is 4.79 Å². The summed E-state index contributed by atoms with van der Waals surface area (Å²) in [5.74, 6) is -0.145. The van der Waals surface area contributed by atoms with Gasteiger partial charge < -0.3 is 9.47 Å². The zero-order valence-corrected chi connectivity index (χ0v) is 9.36. The van der Waals surface area contributed by atoms with Gasteiger partial charge in [0.05, 0.1) is 14.2 Å². The van der Waals surface area contributed by atoms with Crippen molar-refractivity contribution in [2.45, 2.75) is 0 Å². The first-order chi connectivity index (χ1) is 6.20. The lowest BCUT2D eigenvalue weighted by Gasteiger charge is -2.06. The van der Waals surface area contributed by atoms with Crippen molar-refractivity contribution in [3.8, 4) is 5.88 Å². The topological polar surface area (TPSA) is 48.4 Å². The standard InChI is InChI=1S/C8H8INO3/c1-12-7-6(8(11)13-2)5(9)3-4-10-7/h3-4H,1-2H3. The zero-order chi connectivity index (χ0) is 9.84. The van der Waals surface area contributed by atoms with Crippen LogP contribution in [0.1, 0.15) is 10.4 Å². The number of ether oxygens (including phenoxy) is 2. The summed E-state index contributed by atoms with van der Waals surface area (Å²) in [6.45, 7) is 0. The van der Waals surface area contributed by atoms with E-state index in [4.69, 9.17) is 4.74 Å². The fourth-order valence-electron chi connectivity index (χ4n) is 0.862. The van der Waals surface area contributed by atoms with Gasteiger partial charge in [0.1, 0.15) is 5.56 Å². The number of esters is 1. The van der Waals surface area contributed by atoms with Crippen LogP contribution in [0, 0.1) is 3.57 Å². The minimum atomic E-state index is -0.436. The number of rotatable bonds is 2. The highest BCUT2D eigenvalue weighted by Crippen LogP contribution is 2.21. The largest absolute Gasteiger partial charge is 0.480 e. The third-order valence-corrected chi connectivity index (χ3v) is 2.35. The number of pyridine rings is 1. The van der Waals surface area contributed by atoms with Crippen LogP contribution in [0.4, 0.5) is 0 Å². The highest BCUT2D eigenvalue weighted by atomic mass is 127. The molecule has 0 saturated heterocycles. The second-order valence-corrected chi connectivity index (χ2v) is 3.33. The maximum Gasteiger partial charge on any atom is 0.344 e. The number of aromatic nitrogens is 1. The van der Waals surface area contributed by atoms with Gasteiger partial charge in [0, 0.05) is 9.77 Å². The average Bonchev–Trinajstić information content (AvgIpc) is 2.16. The van der Waals surface area contributed by atoms with E-state index in [0.29, 0.717) is 11.4 Å². The van der Waals surface area contributed by atoms with Gasteiger partial charge in [-0.15, -0.1) is 0 Å². The quantitative estimate of drug-likeness (QED) is 0.612. The van der Waals surface area contributed by atoms with Gasteiger partial charge in [0.15, 0.2) is 0 Å². The van der Waals surface area contributed by atoms with E-state index in [0.717, 1.165) is 3.57 Å². The second-order valence-electron chi connectivity index (χ2n) is 2.17. The lowest BCUT2D eigenvalue weighted by atomic mass is 10.3. The molecule has 0 N–H and O–H groups in total. The first-order valence-corrected chi connectivity index (χ1v) is 4.55. The molecule has 0 aliphatic carbocycles. The summed E-state index contributed by atoms with van der Waals surface area (Å²) >= 11 is 2.03. The number of halogens is 1. The molecule has 1 aromatic rings. The summed E-state index contributed by atoms with van der Waals surface area (Å²) in [6.07, 6.45) is 1.58. The van der Waals surface area contributed by atoms with Crippen molar-refractivity contribution in [2.75, 3.05) is 14.2 Å². The molecule has 4 nitrogen and oxygen atoms in total. The van der Waals surface area contributed by atoms with Crippen LogP contribution in [0.5, 0.6) is 5.88 Å². The maximum atomic E-state index is 11.3.